The van der Waals surface area contributed by atoms with Crippen molar-refractivity contribution in [1.82, 2.24) is 0 Å². The molecule has 1 aromatic rings. The first-order valence-corrected chi connectivity index (χ1v) is 5.43. The van der Waals surface area contributed by atoms with E-state index in [1.54, 1.807) is 0 Å². The summed E-state index contributed by atoms with van der Waals surface area (Å²) in [6, 6.07) is 4.62. The summed E-state index contributed by atoms with van der Waals surface area (Å²) in [4.78, 5) is 10.7. The maximum absolute atomic E-state index is 12.4. The zero-order chi connectivity index (χ0) is 13.3. The third kappa shape index (κ3) is 2.64. The maximum Gasteiger partial charge on any atom is 0.416 e. The van der Waals surface area contributed by atoms with Gasteiger partial charge in [-0.15, -0.1) is 0 Å². The molecule has 1 saturated heterocycles. The molecule has 1 fully saturated rings. The van der Waals surface area contributed by atoms with Crippen molar-refractivity contribution >= 4 is 5.97 Å². The summed E-state index contributed by atoms with van der Waals surface area (Å²) in [6.07, 6.45) is -4.78. The molecule has 0 radical (unpaired) electrons. The Labute approximate surface area is 101 Å². The van der Waals surface area contributed by atoms with Gasteiger partial charge in [0.05, 0.1) is 11.7 Å². The molecule has 0 amide bonds. The minimum absolute atomic E-state index is 0.376. The monoisotopic (exact) mass is 260 g/mol. The molecular formula is C12H11F3O3. The molecule has 0 bridgehead atoms. The average molecular weight is 260 g/mol. The van der Waals surface area contributed by atoms with Gasteiger partial charge in [-0.25, -0.2) is 4.79 Å². The summed E-state index contributed by atoms with van der Waals surface area (Å²) in [7, 11) is 0. The summed E-state index contributed by atoms with van der Waals surface area (Å²) in [6.45, 7) is 0. The smallest absolute Gasteiger partial charge is 0.416 e. The first-order chi connectivity index (χ1) is 8.38. The number of halogens is 3. The van der Waals surface area contributed by atoms with E-state index in [0.717, 1.165) is 12.1 Å². The lowest BCUT2D eigenvalue weighted by Gasteiger charge is -2.13. The van der Waals surface area contributed by atoms with Crippen molar-refractivity contribution in [3.05, 3.63) is 35.4 Å². The highest BCUT2D eigenvalue weighted by molar-refractivity contribution is 5.72. The summed E-state index contributed by atoms with van der Waals surface area (Å²) < 4.78 is 42.3. The van der Waals surface area contributed by atoms with Crippen LogP contribution in [-0.4, -0.2) is 17.2 Å². The lowest BCUT2D eigenvalue weighted by atomic mass is 10.0. The second-order valence-electron chi connectivity index (χ2n) is 4.15. The number of carbonyl (C=O) groups is 1. The Kier molecular flexibility index (Phi) is 3.30. The second kappa shape index (κ2) is 4.61. The number of benzene rings is 1. The van der Waals surface area contributed by atoms with Crippen LogP contribution in [0.4, 0.5) is 13.2 Å². The largest absolute Gasteiger partial charge is 0.479 e. The second-order valence-corrected chi connectivity index (χ2v) is 4.15. The summed E-state index contributed by atoms with van der Waals surface area (Å²) in [5, 5.41) is 8.75. The highest BCUT2D eigenvalue weighted by Gasteiger charge is 2.33. The minimum Gasteiger partial charge on any atom is -0.479 e. The molecule has 1 heterocycles. The van der Waals surface area contributed by atoms with Crippen LogP contribution in [0, 0.1) is 0 Å². The van der Waals surface area contributed by atoms with Gasteiger partial charge in [0.1, 0.15) is 0 Å². The van der Waals surface area contributed by atoms with Crippen molar-refractivity contribution in [2.45, 2.75) is 31.2 Å². The molecule has 0 unspecified atom stereocenters. The van der Waals surface area contributed by atoms with Gasteiger partial charge in [0.2, 0.25) is 0 Å². The van der Waals surface area contributed by atoms with Crippen molar-refractivity contribution in [3.63, 3.8) is 0 Å². The first kappa shape index (κ1) is 12.9. The third-order valence-corrected chi connectivity index (χ3v) is 2.90. The van der Waals surface area contributed by atoms with Crippen LogP contribution in [0.2, 0.25) is 0 Å². The van der Waals surface area contributed by atoms with E-state index in [1.807, 2.05) is 0 Å². The zero-order valence-corrected chi connectivity index (χ0v) is 9.28. The Balaban J connectivity index is 2.10. The lowest BCUT2D eigenvalue weighted by Crippen LogP contribution is -2.18. The molecule has 0 aliphatic carbocycles. The van der Waals surface area contributed by atoms with E-state index >= 15 is 0 Å². The van der Waals surface area contributed by atoms with Gasteiger partial charge in [-0.3, -0.25) is 0 Å². The third-order valence-electron chi connectivity index (χ3n) is 2.90. The first-order valence-electron chi connectivity index (χ1n) is 5.43. The van der Waals surface area contributed by atoms with Crippen LogP contribution in [0.15, 0.2) is 24.3 Å². The Morgan fingerprint density at radius 3 is 2.28 bits per heavy atom. The molecule has 18 heavy (non-hydrogen) atoms. The van der Waals surface area contributed by atoms with Gasteiger partial charge >= 0.3 is 12.1 Å². The van der Waals surface area contributed by atoms with Gasteiger partial charge in [0, 0.05) is 0 Å². The molecule has 1 N–H and O–H groups in total. The molecule has 1 aliphatic heterocycles. The van der Waals surface area contributed by atoms with E-state index in [-0.39, 0.29) is 0 Å². The van der Waals surface area contributed by atoms with Crippen molar-refractivity contribution < 1.29 is 27.8 Å². The predicted octanol–water partition coefficient (Wildman–Crippen LogP) is 3.01. The number of carboxylic acids is 1. The number of ether oxygens (including phenoxy) is 1. The molecule has 3 nitrogen and oxygen atoms in total. The Bertz CT molecular complexity index is 439. The van der Waals surface area contributed by atoms with E-state index < -0.39 is 29.9 Å². The topological polar surface area (TPSA) is 46.5 Å². The van der Waals surface area contributed by atoms with Gasteiger partial charge in [-0.2, -0.15) is 13.2 Å². The van der Waals surface area contributed by atoms with Gasteiger partial charge in [0.15, 0.2) is 6.10 Å². The number of alkyl halides is 3. The molecule has 98 valence electrons. The molecule has 0 spiro atoms. The zero-order valence-electron chi connectivity index (χ0n) is 9.28. The fourth-order valence-electron chi connectivity index (χ4n) is 1.95. The van der Waals surface area contributed by atoms with Gasteiger partial charge < -0.3 is 9.84 Å². The van der Waals surface area contributed by atoms with Crippen molar-refractivity contribution in [2.24, 2.45) is 0 Å². The summed E-state index contributed by atoms with van der Waals surface area (Å²) in [5.41, 5.74) is -0.147. The fraction of sp³-hybridized carbons (Fsp3) is 0.417. The van der Waals surface area contributed by atoms with Gasteiger partial charge in [-0.05, 0) is 30.5 Å². The van der Waals surface area contributed by atoms with E-state index in [9.17, 15) is 18.0 Å². The van der Waals surface area contributed by atoms with Crippen LogP contribution < -0.4 is 0 Å². The molecular weight excluding hydrogens is 249 g/mol. The number of hydrogen-bond acceptors (Lipinski definition) is 2. The quantitative estimate of drug-likeness (QED) is 0.889. The number of aliphatic carboxylic acids is 1. The molecule has 1 aliphatic rings. The van der Waals surface area contributed by atoms with Crippen LogP contribution in [0.3, 0.4) is 0 Å². The van der Waals surface area contributed by atoms with Crippen LogP contribution in [-0.2, 0) is 15.7 Å². The highest BCUT2D eigenvalue weighted by Crippen LogP contribution is 2.35. The van der Waals surface area contributed by atoms with Crippen LogP contribution in [0.25, 0.3) is 0 Å². The molecule has 0 saturated carbocycles. The molecule has 6 heteroatoms. The minimum atomic E-state index is -4.36. The lowest BCUT2D eigenvalue weighted by molar-refractivity contribution is -0.149. The molecule has 2 rings (SSSR count). The van der Waals surface area contributed by atoms with Crippen LogP contribution in [0.1, 0.15) is 30.1 Å². The van der Waals surface area contributed by atoms with E-state index in [0.29, 0.717) is 18.4 Å². The van der Waals surface area contributed by atoms with Crippen LogP contribution in [0.5, 0.6) is 0 Å². The van der Waals surface area contributed by atoms with Crippen molar-refractivity contribution in [1.29, 1.82) is 0 Å². The number of hydrogen-bond donors (Lipinski definition) is 1. The standard InChI is InChI=1S/C12H11F3O3/c13-12(14,15)8-3-1-7(2-4-8)9-5-6-10(18-9)11(16)17/h1-4,9-10H,5-6H2,(H,16,17)/t9-,10+/m0/s1. The average Bonchev–Trinajstić information content (AvgIpc) is 2.77. The SMILES string of the molecule is O=C(O)[C@H]1CC[C@@H](c2ccc(C(F)(F)F)cc2)O1. The Hall–Kier alpha value is -1.56. The Morgan fingerprint density at radius 2 is 1.83 bits per heavy atom. The summed E-state index contributed by atoms with van der Waals surface area (Å²) >= 11 is 0. The normalized spacial score (nSPS) is 24.2. The van der Waals surface area contributed by atoms with Crippen molar-refractivity contribution in [3.8, 4) is 0 Å². The van der Waals surface area contributed by atoms with Gasteiger partial charge in [0.25, 0.3) is 0 Å². The van der Waals surface area contributed by atoms with E-state index in [4.69, 9.17) is 9.84 Å². The molecule has 1 aromatic carbocycles. The number of rotatable bonds is 2. The predicted molar refractivity (Wildman–Crippen MR) is 55.9 cm³/mol. The van der Waals surface area contributed by atoms with E-state index in [1.165, 1.54) is 12.1 Å². The molecule has 2 atom stereocenters. The Morgan fingerprint density at radius 1 is 1.22 bits per heavy atom. The van der Waals surface area contributed by atoms with Gasteiger partial charge in [-0.1, -0.05) is 12.1 Å². The molecule has 0 aromatic heterocycles. The van der Waals surface area contributed by atoms with Crippen molar-refractivity contribution in [2.75, 3.05) is 0 Å². The maximum atomic E-state index is 12.4. The fourth-order valence-corrected chi connectivity index (χ4v) is 1.95. The highest BCUT2D eigenvalue weighted by atomic mass is 19.4. The summed E-state index contributed by atoms with van der Waals surface area (Å²) in [5.74, 6) is -1.04. The number of carboxylic acid groups (broad SMARTS) is 1. The van der Waals surface area contributed by atoms with Crippen LogP contribution >= 0.6 is 0 Å². The van der Waals surface area contributed by atoms with E-state index in [2.05, 4.69) is 0 Å².